The van der Waals surface area contributed by atoms with Crippen molar-refractivity contribution < 1.29 is 0 Å². The molecule has 2 N–H and O–H groups in total. The predicted octanol–water partition coefficient (Wildman–Crippen LogP) is 1.04. The fourth-order valence-corrected chi connectivity index (χ4v) is 2.02. The molecule has 0 aromatic rings. The molecule has 1 atom stereocenters. The van der Waals surface area contributed by atoms with Gasteiger partial charge in [-0.05, 0) is 31.8 Å². The highest BCUT2D eigenvalue weighted by molar-refractivity contribution is 5.05. The molecule has 1 fully saturated rings. The Kier molecular flexibility index (Phi) is 1.33. The van der Waals surface area contributed by atoms with Crippen LogP contribution in [0.3, 0.4) is 0 Å². The van der Waals surface area contributed by atoms with Crippen molar-refractivity contribution in [3.8, 4) is 0 Å². The number of rotatable bonds is 0. The first-order valence-corrected chi connectivity index (χ1v) is 4.10. The molecule has 0 saturated carbocycles. The summed E-state index contributed by atoms with van der Waals surface area (Å²) in [7, 11) is 0. The summed E-state index contributed by atoms with van der Waals surface area (Å²) < 4.78 is 0. The Morgan fingerprint density at radius 2 is 2.40 bits per heavy atom. The van der Waals surface area contributed by atoms with Crippen LogP contribution in [0.1, 0.15) is 25.7 Å². The quantitative estimate of drug-likeness (QED) is 0.542. The van der Waals surface area contributed by atoms with Gasteiger partial charge in [0.25, 0.3) is 0 Å². The highest BCUT2D eigenvalue weighted by Crippen LogP contribution is 2.27. The summed E-state index contributed by atoms with van der Waals surface area (Å²) in [4.78, 5) is 2.35. The monoisotopic (exact) mass is 138 g/mol. The maximum absolute atomic E-state index is 5.81. The summed E-state index contributed by atoms with van der Waals surface area (Å²) in [5, 5.41) is 0. The smallest absolute Gasteiger partial charge is 0.0947 e. The van der Waals surface area contributed by atoms with Crippen molar-refractivity contribution in [2.45, 2.75) is 31.7 Å². The molecule has 1 unspecified atom stereocenters. The topological polar surface area (TPSA) is 29.3 Å². The Morgan fingerprint density at radius 1 is 1.50 bits per heavy atom. The molecule has 0 spiro atoms. The van der Waals surface area contributed by atoms with Crippen LogP contribution in [0.15, 0.2) is 11.9 Å². The minimum Gasteiger partial charge on any atom is -0.386 e. The Balaban J connectivity index is 2.16. The lowest BCUT2D eigenvalue weighted by Crippen LogP contribution is -2.34. The molecule has 56 valence electrons. The van der Waals surface area contributed by atoms with Gasteiger partial charge in [0, 0.05) is 12.6 Å². The van der Waals surface area contributed by atoms with Gasteiger partial charge in [-0.25, -0.2) is 0 Å². The lowest BCUT2D eigenvalue weighted by molar-refractivity contribution is 0.285. The van der Waals surface area contributed by atoms with Crippen LogP contribution in [0.4, 0.5) is 0 Å². The molecule has 1 saturated heterocycles. The standard InChI is InChI=1S/C8H14N2/c9-8-5-1-3-7-4-2-6-10(7)8/h5,7H,1-4,6,9H2. The van der Waals surface area contributed by atoms with E-state index in [-0.39, 0.29) is 0 Å². The molecule has 0 aromatic heterocycles. The third-order valence-corrected chi connectivity index (χ3v) is 2.56. The summed E-state index contributed by atoms with van der Waals surface area (Å²) in [6, 6.07) is 0.782. The van der Waals surface area contributed by atoms with E-state index in [0.717, 1.165) is 11.9 Å². The van der Waals surface area contributed by atoms with Crippen LogP contribution in [0.5, 0.6) is 0 Å². The van der Waals surface area contributed by atoms with E-state index in [2.05, 4.69) is 11.0 Å². The van der Waals surface area contributed by atoms with Crippen molar-refractivity contribution in [2.24, 2.45) is 5.73 Å². The Bertz CT molecular complexity index is 163. The van der Waals surface area contributed by atoms with E-state index in [9.17, 15) is 0 Å². The summed E-state index contributed by atoms with van der Waals surface area (Å²) in [6.07, 6.45) is 7.35. The normalized spacial score (nSPS) is 31.8. The van der Waals surface area contributed by atoms with E-state index in [1.54, 1.807) is 0 Å². The third kappa shape index (κ3) is 0.789. The molecule has 2 nitrogen and oxygen atoms in total. The van der Waals surface area contributed by atoms with Gasteiger partial charge in [0.2, 0.25) is 0 Å². The molecule has 0 radical (unpaired) electrons. The predicted molar refractivity (Wildman–Crippen MR) is 41.2 cm³/mol. The number of nitrogens with zero attached hydrogens (tertiary/aromatic N) is 1. The average Bonchev–Trinajstić information content (AvgIpc) is 2.36. The second-order valence-corrected chi connectivity index (χ2v) is 3.20. The lowest BCUT2D eigenvalue weighted by atomic mass is 10.1. The van der Waals surface area contributed by atoms with Crippen LogP contribution in [0.2, 0.25) is 0 Å². The molecule has 0 aromatic carbocycles. The van der Waals surface area contributed by atoms with E-state index < -0.39 is 0 Å². The summed E-state index contributed by atoms with van der Waals surface area (Å²) >= 11 is 0. The first-order chi connectivity index (χ1) is 4.88. The van der Waals surface area contributed by atoms with Crippen molar-refractivity contribution in [3.05, 3.63) is 11.9 Å². The fourth-order valence-electron chi connectivity index (χ4n) is 2.02. The zero-order valence-corrected chi connectivity index (χ0v) is 6.21. The second kappa shape index (κ2) is 2.19. The van der Waals surface area contributed by atoms with Crippen LogP contribution < -0.4 is 5.73 Å². The van der Waals surface area contributed by atoms with Gasteiger partial charge in [-0.15, -0.1) is 0 Å². The van der Waals surface area contributed by atoms with Gasteiger partial charge in [0.15, 0.2) is 0 Å². The molecule has 2 aliphatic rings. The van der Waals surface area contributed by atoms with E-state index in [1.165, 1.54) is 32.2 Å². The van der Waals surface area contributed by atoms with Gasteiger partial charge in [-0.2, -0.15) is 0 Å². The van der Waals surface area contributed by atoms with Crippen LogP contribution >= 0.6 is 0 Å². The van der Waals surface area contributed by atoms with Crippen molar-refractivity contribution in [3.63, 3.8) is 0 Å². The van der Waals surface area contributed by atoms with Crippen LogP contribution in [0, 0.1) is 0 Å². The molecule has 2 aliphatic heterocycles. The SMILES string of the molecule is NC1=CCCC2CCCN12. The molecule has 0 bridgehead atoms. The molecular formula is C8H14N2. The Morgan fingerprint density at radius 3 is 3.20 bits per heavy atom. The number of hydrogen-bond donors (Lipinski definition) is 1. The number of fused-ring (bicyclic) bond motifs is 1. The molecule has 2 heterocycles. The largest absolute Gasteiger partial charge is 0.386 e. The number of nitrogens with two attached hydrogens (primary N) is 1. The van der Waals surface area contributed by atoms with Crippen molar-refractivity contribution in [1.29, 1.82) is 0 Å². The molecule has 0 amide bonds. The zero-order chi connectivity index (χ0) is 6.97. The van der Waals surface area contributed by atoms with E-state index >= 15 is 0 Å². The molecule has 2 heteroatoms. The maximum Gasteiger partial charge on any atom is 0.0947 e. The van der Waals surface area contributed by atoms with E-state index in [4.69, 9.17) is 5.73 Å². The van der Waals surface area contributed by atoms with Gasteiger partial charge >= 0.3 is 0 Å². The van der Waals surface area contributed by atoms with E-state index in [1.807, 2.05) is 0 Å². The number of hydrogen-bond acceptors (Lipinski definition) is 2. The zero-order valence-electron chi connectivity index (χ0n) is 6.21. The average molecular weight is 138 g/mol. The number of allylic oxidation sites excluding steroid dienone is 1. The summed E-state index contributed by atoms with van der Waals surface area (Å²) in [5.74, 6) is 1.02. The van der Waals surface area contributed by atoms with Crippen LogP contribution in [-0.2, 0) is 0 Å². The van der Waals surface area contributed by atoms with Crippen molar-refractivity contribution in [1.82, 2.24) is 4.90 Å². The minimum absolute atomic E-state index is 0.782. The summed E-state index contributed by atoms with van der Waals surface area (Å²) in [6.45, 7) is 1.19. The Labute approximate surface area is 61.7 Å². The fraction of sp³-hybridized carbons (Fsp3) is 0.750. The minimum atomic E-state index is 0.782. The van der Waals surface area contributed by atoms with Crippen LogP contribution in [0.25, 0.3) is 0 Å². The molecule has 2 rings (SSSR count). The summed E-state index contributed by atoms with van der Waals surface area (Å²) in [5.41, 5.74) is 5.81. The first-order valence-electron chi connectivity index (χ1n) is 4.10. The van der Waals surface area contributed by atoms with Gasteiger partial charge in [0.1, 0.15) is 0 Å². The Hall–Kier alpha value is -0.660. The van der Waals surface area contributed by atoms with Gasteiger partial charge in [-0.1, -0.05) is 0 Å². The van der Waals surface area contributed by atoms with Crippen LogP contribution in [-0.4, -0.2) is 17.5 Å². The molecule has 0 aliphatic carbocycles. The molecular weight excluding hydrogens is 124 g/mol. The van der Waals surface area contributed by atoms with Crippen molar-refractivity contribution in [2.75, 3.05) is 6.54 Å². The third-order valence-electron chi connectivity index (χ3n) is 2.56. The van der Waals surface area contributed by atoms with Crippen molar-refractivity contribution >= 4 is 0 Å². The first kappa shape index (κ1) is 6.08. The molecule has 10 heavy (non-hydrogen) atoms. The lowest BCUT2D eigenvalue weighted by Gasteiger charge is -2.30. The van der Waals surface area contributed by atoms with Gasteiger partial charge in [-0.3, -0.25) is 0 Å². The second-order valence-electron chi connectivity index (χ2n) is 3.20. The van der Waals surface area contributed by atoms with Gasteiger partial charge in [0.05, 0.1) is 5.82 Å². The maximum atomic E-state index is 5.81. The van der Waals surface area contributed by atoms with Gasteiger partial charge < -0.3 is 10.6 Å². The van der Waals surface area contributed by atoms with E-state index in [0.29, 0.717) is 0 Å². The highest BCUT2D eigenvalue weighted by atomic mass is 15.2. The highest BCUT2D eigenvalue weighted by Gasteiger charge is 2.26.